The van der Waals surface area contributed by atoms with Gasteiger partial charge in [0.05, 0.1) is 12.1 Å². The van der Waals surface area contributed by atoms with Gasteiger partial charge in [-0.2, -0.15) is 0 Å². The van der Waals surface area contributed by atoms with E-state index in [1.165, 1.54) is 24.0 Å². The number of fused-ring (bicyclic) bond motifs is 1. The van der Waals surface area contributed by atoms with Gasteiger partial charge in [-0.1, -0.05) is 66.7 Å². The Morgan fingerprint density at radius 2 is 1.42 bits per heavy atom. The fourth-order valence-corrected chi connectivity index (χ4v) is 5.78. The van der Waals surface area contributed by atoms with Crippen molar-refractivity contribution < 1.29 is 34.2 Å². The summed E-state index contributed by atoms with van der Waals surface area (Å²) in [5, 5.41) is 24.8. The van der Waals surface area contributed by atoms with Crippen molar-refractivity contribution in [2.24, 2.45) is 11.5 Å². The lowest BCUT2D eigenvalue weighted by Gasteiger charge is -2.38. The fourth-order valence-electron chi connectivity index (χ4n) is 5.78. The van der Waals surface area contributed by atoms with Crippen molar-refractivity contribution in [3.05, 3.63) is 101 Å². The highest BCUT2D eigenvalue weighted by Crippen LogP contribution is 2.25. The molecule has 12 nitrogen and oxygen atoms in total. The number of nitrogens with one attached hydrogen (secondary N) is 2. The first-order valence-corrected chi connectivity index (χ1v) is 16.0. The Labute approximate surface area is 279 Å². The topological polar surface area (TPSA) is 205 Å². The zero-order valence-corrected chi connectivity index (χ0v) is 26.9. The molecule has 3 aromatic rings. The van der Waals surface area contributed by atoms with E-state index in [-0.39, 0.29) is 56.6 Å². The number of aliphatic carboxylic acids is 1. The summed E-state index contributed by atoms with van der Waals surface area (Å²) in [5.74, 6) is -3.11. The molecule has 0 aliphatic carbocycles. The van der Waals surface area contributed by atoms with Crippen molar-refractivity contribution in [3.63, 3.8) is 0 Å². The zero-order chi connectivity index (χ0) is 34.8. The second-order valence-corrected chi connectivity index (χ2v) is 12.2. The van der Waals surface area contributed by atoms with Gasteiger partial charge in [0.15, 0.2) is 0 Å². The first kappa shape index (κ1) is 35.8. The highest BCUT2D eigenvalue weighted by Gasteiger charge is 2.38. The molecular weight excluding hydrogens is 614 g/mol. The number of carboxylic acid groups (broad SMARTS) is 1. The van der Waals surface area contributed by atoms with E-state index >= 15 is 0 Å². The predicted molar refractivity (Wildman–Crippen MR) is 178 cm³/mol. The van der Waals surface area contributed by atoms with Gasteiger partial charge in [-0.15, -0.1) is 0 Å². The van der Waals surface area contributed by atoms with Crippen LogP contribution in [0, 0.1) is 0 Å². The molecular formula is C36H43N5O7. The minimum absolute atomic E-state index is 0.0364. The van der Waals surface area contributed by atoms with Gasteiger partial charge in [0.25, 0.3) is 0 Å². The molecule has 254 valence electrons. The molecule has 1 aliphatic rings. The maximum absolute atomic E-state index is 14.1. The van der Waals surface area contributed by atoms with E-state index in [9.17, 15) is 34.2 Å². The van der Waals surface area contributed by atoms with Crippen molar-refractivity contribution in [1.82, 2.24) is 15.5 Å². The lowest BCUT2D eigenvalue weighted by Crippen LogP contribution is -2.60. The summed E-state index contributed by atoms with van der Waals surface area (Å²) in [7, 11) is 0. The van der Waals surface area contributed by atoms with Crippen LogP contribution in [0.5, 0.6) is 5.75 Å². The summed E-state index contributed by atoms with van der Waals surface area (Å²) in [4.78, 5) is 66.5. The summed E-state index contributed by atoms with van der Waals surface area (Å²) in [6, 6.07) is 17.7. The monoisotopic (exact) mass is 657 g/mol. The maximum Gasteiger partial charge on any atom is 0.326 e. The van der Waals surface area contributed by atoms with Crippen LogP contribution in [-0.2, 0) is 49.8 Å². The Morgan fingerprint density at radius 3 is 2.06 bits per heavy atom. The van der Waals surface area contributed by atoms with Crippen LogP contribution in [0.25, 0.3) is 0 Å². The molecule has 0 saturated heterocycles. The molecule has 0 radical (unpaired) electrons. The molecule has 8 N–H and O–H groups in total. The van der Waals surface area contributed by atoms with E-state index in [0.29, 0.717) is 0 Å². The first-order valence-electron chi connectivity index (χ1n) is 16.0. The van der Waals surface area contributed by atoms with Crippen LogP contribution >= 0.6 is 0 Å². The van der Waals surface area contributed by atoms with Crippen LogP contribution in [0.1, 0.15) is 48.4 Å². The fraction of sp³-hybridized carbons (Fsp3) is 0.361. The van der Waals surface area contributed by atoms with Crippen LogP contribution < -0.4 is 22.1 Å². The molecule has 48 heavy (non-hydrogen) atoms. The Morgan fingerprint density at radius 1 is 0.792 bits per heavy atom. The third-order valence-electron chi connectivity index (χ3n) is 8.60. The average molecular weight is 658 g/mol. The molecule has 0 bridgehead atoms. The summed E-state index contributed by atoms with van der Waals surface area (Å²) in [6.07, 6.45) is 1.02. The highest BCUT2D eigenvalue weighted by molar-refractivity contribution is 5.94. The van der Waals surface area contributed by atoms with Gasteiger partial charge < -0.3 is 37.2 Å². The lowest BCUT2D eigenvalue weighted by molar-refractivity contribution is -0.144. The van der Waals surface area contributed by atoms with Crippen LogP contribution in [0.15, 0.2) is 78.9 Å². The van der Waals surface area contributed by atoms with Crippen LogP contribution in [0.4, 0.5) is 0 Å². The molecule has 12 heteroatoms. The summed E-state index contributed by atoms with van der Waals surface area (Å²) in [6.45, 7) is 1.50. The number of carbonyl (C=O) groups is 5. The Kier molecular flexibility index (Phi) is 12.4. The van der Waals surface area contributed by atoms with Gasteiger partial charge in [0, 0.05) is 19.4 Å². The van der Waals surface area contributed by atoms with Crippen molar-refractivity contribution >= 4 is 29.5 Å². The maximum atomic E-state index is 14.1. The Hall–Kier alpha value is -5.07. The van der Waals surface area contributed by atoms with E-state index in [1.807, 2.05) is 30.3 Å². The van der Waals surface area contributed by atoms with E-state index in [1.54, 1.807) is 36.4 Å². The number of aromatic hydroxyl groups is 1. The van der Waals surface area contributed by atoms with Gasteiger partial charge in [-0.3, -0.25) is 19.2 Å². The van der Waals surface area contributed by atoms with Crippen molar-refractivity contribution in [2.45, 2.75) is 82.2 Å². The number of Topliss-reactive ketones (excluding diaryl/α,β-unsaturated/α-hetero) is 1. The van der Waals surface area contributed by atoms with Crippen molar-refractivity contribution in [1.29, 1.82) is 0 Å². The molecule has 0 aromatic heterocycles. The first-order chi connectivity index (χ1) is 22.9. The van der Waals surface area contributed by atoms with Crippen molar-refractivity contribution in [2.75, 3.05) is 0 Å². The number of carbonyl (C=O) groups excluding carboxylic acids is 4. The largest absolute Gasteiger partial charge is 0.508 e. The molecule has 4 rings (SSSR count). The summed E-state index contributed by atoms with van der Waals surface area (Å²) < 4.78 is 0. The van der Waals surface area contributed by atoms with Crippen molar-refractivity contribution in [3.8, 4) is 5.75 Å². The molecule has 1 heterocycles. The summed E-state index contributed by atoms with van der Waals surface area (Å²) in [5.41, 5.74) is 15.4. The standard InChI is InChI=1S/C36H43N5O7/c1-22(42)28(37)12-7-13-30(36(47)48)39-33(44)31(19-23-8-3-2-4-9-23)40-34(45)32-20-25-10-5-6-11-26(25)21-41(32)35(46)29(38)18-24-14-16-27(43)17-15-24/h2-6,8-11,14-17,28-32,43H,7,12-13,18-21,37-38H2,1H3,(H,39,44)(H,40,45)(H,47,48)/t28?,29-,30-,31-,32-/m0/s1. The molecule has 0 saturated carbocycles. The number of nitrogens with zero attached hydrogens (tertiary/aromatic N) is 1. The normalized spacial score (nSPS) is 16.5. The second-order valence-electron chi connectivity index (χ2n) is 12.2. The number of phenols is 1. The zero-order valence-electron chi connectivity index (χ0n) is 26.9. The van der Waals surface area contributed by atoms with Gasteiger partial charge in [0.2, 0.25) is 17.7 Å². The van der Waals surface area contributed by atoms with E-state index in [2.05, 4.69) is 10.6 Å². The van der Waals surface area contributed by atoms with Gasteiger partial charge in [-0.25, -0.2) is 4.79 Å². The Bertz CT molecular complexity index is 1600. The number of hydrogen-bond acceptors (Lipinski definition) is 8. The van der Waals surface area contributed by atoms with E-state index in [4.69, 9.17) is 11.5 Å². The predicted octanol–water partition coefficient (Wildman–Crippen LogP) is 1.60. The highest BCUT2D eigenvalue weighted by atomic mass is 16.4. The van der Waals surface area contributed by atoms with Gasteiger partial charge in [0.1, 0.15) is 29.7 Å². The third kappa shape index (κ3) is 9.72. The number of hydrogen-bond donors (Lipinski definition) is 6. The molecule has 0 spiro atoms. The SMILES string of the molecule is CC(=O)C(N)CCC[C@H](NC(=O)[C@H](Cc1ccccc1)NC(=O)[C@@H]1Cc2ccccc2CN1C(=O)[C@@H](N)Cc1ccc(O)cc1)C(=O)O. The Balaban J connectivity index is 1.55. The molecule has 1 unspecified atom stereocenters. The minimum atomic E-state index is -1.27. The molecule has 1 aliphatic heterocycles. The summed E-state index contributed by atoms with van der Waals surface area (Å²) >= 11 is 0. The van der Waals surface area contributed by atoms with Crippen LogP contribution in [0.2, 0.25) is 0 Å². The van der Waals surface area contributed by atoms with E-state index < -0.39 is 53.9 Å². The number of carboxylic acids is 1. The third-order valence-corrected chi connectivity index (χ3v) is 8.60. The smallest absolute Gasteiger partial charge is 0.326 e. The van der Waals surface area contributed by atoms with E-state index in [0.717, 1.165) is 22.3 Å². The second kappa shape index (κ2) is 16.7. The molecule has 0 fully saturated rings. The number of rotatable bonds is 15. The average Bonchev–Trinajstić information content (AvgIpc) is 3.07. The number of nitrogens with two attached hydrogens (primary N) is 2. The number of phenolic OH excluding ortho intramolecular Hbond substituents is 1. The molecule has 3 aromatic carbocycles. The molecule has 5 atom stereocenters. The lowest BCUT2D eigenvalue weighted by atomic mass is 9.92. The van der Waals surface area contributed by atoms with Gasteiger partial charge in [-0.05, 0) is 67.0 Å². The number of benzene rings is 3. The van der Waals surface area contributed by atoms with Gasteiger partial charge >= 0.3 is 5.97 Å². The quantitative estimate of drug-likeness (QED) is 0.140. The number of amides is 3. The van der Waals surface area contributed by atoms with Crippen LogP contribution in [-0.4, -0.2) is 74.8 Å². The number of ketones is 1. The van der Waals surface area contributed by atoms with Crippen LogP contribution in [0.3, 0.4) is 0 Å². The molecule has 3 amide bonds. The minimum Gasteiger partial charge on any atom is -0.508 e.